The summed E-state index contributed by atoms with van der Waals surface area (Å²) in [6.45, 7) is -14.2. The molecule has 0 unspecified atom stereocenters. The first kappa shape index (κ1) is 108. The maximum atomic E-state index is 12.7. The quantitative estimate of drug-likeness (QED) is 0.0475. The molecule has 60 atom stereocenters. The molecule has 0 aliphatic carbocycles. The van der Waals surface area contributed by atoms with E-state index in [1.165, 1.54) is 0 Å². The summed E-state index contributed by atoms with van der Waals surface area (Å²) >= 11 is -3.57. The van der Waals surface area contributed by atoms with Crippen LogP contribution < -0.4 is 0 Å². The van der Waals surface area contributed by atoms with Crippen molar-refractivity contribution < 1.29 is 295 Å². The first-order valence-electron chi connectivity index (χ1n) is 42.7. The standard InChI is InChI=1S/C72H118O60Se2/c73-1-13-47-25(85)35(95)61(107-13)121-49-15(3-75)111-65(39(99)29(49)89)125-53-19(7-79)115-69(43(103)33(53)93)129-57-23(11-83)117-71(127-55-21(9-81)113-67(41(101)31(55)91)123-51-17(5-77)109-63(119-47)37(97)27(51)87)45(105)59(57)131-133-134-132-60-46(106)72-118-24(12-84)58(60)130-70-44(104)34(94)54(20(8-80)116-70)126-66-40(100)30(90)50(16(4-76)112-66)122-62-36(96)26(86)48(14(2-74)108-62)120-64-38(98)28(88)52(18(6-78)110-64)124-68-42(102)32(92)56(128-72)22(10-82)114-68/h13-106H,1-12H2/t13-,14-,15-,16-,17-,18-,19-,20-,21-,22-,23-,24-,25-,26-,27-,28-,29-,30-,31-,32-,33-,34-,35-,36-,37-,38-,39-,40-,41-,42-,43-,44-,45-,46-,47-,48-,49-,50-,51-,52-,53-,54-,55-,56-,57+,58+,59-,60-,61-,62-,63-,64-,65-,66-,67-,68-,69-,70-,71-,72-/m1/s1. The minimum absolute atomic E-state index is 1.10. The molecular weight excluding hydrogens is 1980 g/mol. The van der Waals surface area contributed by atoms with E-state index in [-0.39, 0.29) is 0 Å². The van der Waals surface area contributed by atoms with E-state index in [0.717, 1.165) is 0 Å². The third-order valence-corrected chi connectivity index (χ3v) is 29.3. The van der Waals surface area contributed by atoms with E-state index in [4.69, 9.17) is 121 Å². The van der Waals surface area contributed by atoms with Crippen LogP contribution in [-0.2, 0) is 121 Å². The Bertz CT molecular complexity index is 3320. The molecule has 0 aromatic heterocycles. The van der Waals surface area contributed by atoms with E-state index in [2.05, 4.69) is 0 Å². The van der Waals surface area contributed by atoms with E-state index in [0.29, 0.717) is 0 Å². The first-order chi connectivity index (χ1) is 64.0. The van der Waals surface area contributed by atoms with Crippen LogP contribution in [-0.4, -0.2) is 648 Å². The van der Waals surface area contributed by atoms with Crippen molar-refractivity contribution in [1.29, 1.82) is 0 Å². The Labute approximate surface area is 766 Å². The fourth-order valence-corrected chi connectivity index (χ4v) is 22.3. The van der Waals surface area contributed by atoms with Gasteiger partial charge in [-0.2, -0.15) is 0 Å². The van der Waals surface area contributed by atoms with Crippen molar-refractivity contribution in [2.45, 2.75) is 368 Å². The number of aliphatic hydroxyl groups is 34. The Balaban J connectivity index is 0.765. The molecule has 44 fully saturated rings. The van der Waals surface area contributed by atoms with E-state index < -0.39 is 475 Å². The van der Waals surface area contributed by atoms with Crippen LogP contribution in [0.5, 0.6) is 0 Å². The molecule has 0 spiro atoms. The molecule has 24 bridgehead atoms. The molecule has 0 saturated carbocycles. The number of hydrogen-bond donors (Lipinski definition) is 34. The minimum atomic E-state index is -2.45. The molecular formula is C72H118O60Se2. The summed E-state index contributed by atoms with van der Waals surface area (Å²) in [5.74, 6) is 0. The van der Waals surface area contributed by atoms with Gasteiger partial charge in [-0.15, -0.1) is 0 Å². The summed E-state index contributed by atoms with van der Waals surface area (Å²) in [6.07, 6.45) is -130. The van der Waals surface area contributed by atoms with Crippen molar-refractivity contribution in [1.82, 2.24) is 0 Å². The van der Waals surface area contributed by atoms with Crippen molar-refractivity contribution in [3.63, 3.8) is 0 Å². The average molecular weight is 2100 g/mol. The van der Waals surface area contributed by atoms with Crippen LogP contribution in [0.1, 0.15) is 0 Å². The molecule has 0 amide bonds. The van der Waals surface area contributed by atoms with Gasteiger partial charge in [-0.1, -0.05) is 0 Å². The summed E-state index contributed by atoms with van der Waals surface area (Å²) in [7, 11) is 0. The maximum absolute atomic E-state index is 12.7. The predicted octanol–water partition coefficient (Wildman–Crippen LogP) is -25.9. The molecule has 34 N–H and O–H groups in total. The molecule has 134 heavy (non-hydrogen) atoms. The summed E-state index contributed by atoms with van der Waals surface area (Å²) in [4.78, 5) is 0. The molecule has 0 aromatic rings. The molecule has 44 aliphatic rings. The Kier molecular flexibility index (Phi) is 38.0. The molecule has 44 aliphatic heterocycles. The Morgan fingerprint density at radius 3 is 0.336 bits per heavy atom. The summed E-state index contributed by atoms with van der Waals surface area (Å²) in [6, 6.07) is 0. The fourth-order valence-electron chi connectivity index (χ4n) is 18.2. The van der Waals surface area contributed by atoms with Gasteiger partial charge in [0, 0.05) is 0 Å². The van der Waals surface area contributed by atoms with Crippen LogP contribution in [0.3, 0.4) is 0 Å². The molecule has 778 valence electrons. The van der Waals surface area contributed by atoms with Gasteiger partial charge in [-0.25, -0.2) is 0 Å². The molecule has 44 saturated heterocycles. The first-order valence-corrected chi connectivity index (χ1v) is 48.4. The van der Waals surface area contributed by atoms with Gasteiger partial charge in [0.2, 0.25) is 0 Å². The Morgan fingerprint density at radius 1 is 0.127 bits per heavy atom. The summed E-state index contributed by atoms with van der Waals surface area (Å²) in [5.41, 5.74) is 0. The van der Waals surface area contributed by atoms with Crippen molar-refractivity contribution in [3.05, 3.63) is 0 Å². The second-order valence-electron chi connectivity index (χ2n) is 34.0. The number of hydrogen-bond acceptors (Lipinski definition) is 60. The van der Waals surface area contributed by atoms with Crippen LogP contribution in [0.25, 0.3) is 0 Å². The van der Waals surface area contributed by atoms with Crippen LogP contribution in [0.2, 0.25) is 0 Å². The van der Waals surface area contributed by atoms with E-state index in [1.54, 1.807) is 0 Å². The van der Waals surface area contributed by atoms with Gasteiger partial charge >= 0.3 is 512 Å². The van der Waals surface area contributed by atoms with Gasteiger partial charge in [0.15, 0.2) is 25.2 Å². The van der Waals surface area contributed by atoms with Crippen LogP contribution >= 0.6 is 0 Å². The normalized spacial score (nSPS) is 54.9. The third kappa shape index (κ3) is 21.8. The van der Waals surface area contributed by atoms with Gasteiger partial charge in [-0.05, 0) is 0 Å². The summed E-state index contributed by atoms with van der Waals surface area (Å²) < 4.78 is 154. The van der Waals surface area contributed by atoms with E-state index in [1.807, 2.05) is 0 Å². The molecule has 0 radical (unpaired) electrons. The fraction of sp³-hybridized carbons (Fsp3) is 1.00. The zero-order chi connectivity index (χ0) is 96.9. The van der Waals surface area contributed by atoms with Gasteiger partial charge in [0.1, 0.15) is 73.2 Å². The second kappa shape index (κ2) is 47.0. The van der Waals surface area contributed by atoms with Crippen molar-refractivity contribution >= 4 is 26.9 Å². The van der Waals surface area contributed by atoms with Crippen molar-refractivity contribution in [2.75, 3.05) is 79.3 Å². The monoisotopic (exact) mass is 2100 g/mol. The van der Waals surface area contributed by atoms with Crippen molar-refractivity contribution in [3.8, 4) is 0 Å². The topological polar surface area (TPSA) is 928 Å². The van der Waals surface area contributed by atoms with Gasteiger partial charge in [-0.3, -0.25) is 0 Å². The number of ether oxygens (including phenoxy) is 24. The predicted molar refractivity (Wildman–Crippen MR) is 401 cm³/mol. The second-order valence-corrected chi connectivity index (χ2v) is 38.3. The zero-order valence-electron chi connectivity index (χ0n) is 69.8. The Hall–Kier alpha value is -1.36. The molecule has 44 rings (SSSR count). The Morgan fingerprint density at radius 2 is 0.224 bits per heavy atom. The van der Waals surface area contributed by atoms with Gasteiger partial charge in [0.25, 0.3) is 0 Å². The molecule has 0 aromatic carbocycles. The van der Waals surface area contributed by atoms with Gasteiger partial charge in [0.05, 0.1) is 39.6 Å². The molecule has 60 nitrogen and oxygen atoms in total. The molecule has 44 heterocycles. The van der Waals surface area contributed by atoms with E-state index >= 15 is 0 Å². The SMILES string of the molecule is OC[C@H]1O[C@@H]2O[C@H]3[C@H](O)[C@@H](O)[C@@H](O[C@H]4[C@H](O)[C@@H](O)[C@@H](O[C@H]5[C@H](O)[C@@H](O)[C@@H](O[C@H]6[C@H](O)[C@@H](O)[C@@H](O[C@H]7[C@H](O)[C@@H](O)[C@@H](O[C@@H]1[C@H](O[Se][Se]O[C@@H]1[C@@H](O)[C@H]8O[C@H]9[C@H](O)[C@@H](O)[C@@H](O[C@H]%10[C@H](O)[C@@H](O)[C@@H](O[C@H]%11[C@H](O)[C@@H](O)[C@@H](O[C@H]%12[C@H](O)[C@@H](O)[C@@H](O[C@H]%13[C@H](O)[C@@H](O)[C@@H](O[C@H]1[C@@H](CO)O8)O[C@@H]%13CO)O[C@@H]%12CO)O[C@@H]%11CO)O[C@@H]%10CO)O[C@@H]9CO)[C@H]2O)O[C@@H]7CO)O[C@@H]6CO)O[C@@H]5CO)O[C@@H]4CO)O[C@@H]3CO. The molecule has 62 heteroatoms. The van der Waals surface area contributed by atoms with Crippen molar-refractivity contribution in [2.24, 2.45) is 0 Å². The van der Waals surface area contributed by atoms with E-state index in [9.17, 15) is 174 Å². The van der Waals surface area contributed by atoms with Crippen LogP contribution in [0, 0.1) is 0 Å². The van der Waals surface area contributed by atoms with Crippen LogP contribution in [0.4, 0.5) is 0 Å². The average Bonchev–Trinajstić information content (AvgIpc) is 0.733. The third-order valence-electron chi connectivity index (χ3n) is 25.6. The zero-order valence-corrected chi connectivity index (χ0v) is 73.2. The van der Waals surface area contributed by atoms with Crippen LogP contribution in [0.15, 0.2) is 0 Å². The van der Waals surface area contributed by atoms with Gasteiger partial charge < -0.3 is 120 Å². The number of aliphatic hydroxyl groups excluding tert-OH is 34. The number of rotatable bonds is 17. The summed E-state index contributed by atoms with van der Waals surface area (Å²) in [5, 5.41) is 389.